The highest BCUT2D eigenvalue weighted by Crippen LogP contribution is 2.32. The number of nitrogens with one attached hydrogen (secondary N) is 1. The third-order valence-corrected chi connectivity index (χ3v) is 3.18. The molecule has 2 aromatic rings. The molecule has 0 aromatic heterocycles. The van der Waals surface area contributed by atoms with Crippen molar-refractivity contribution in [1.82, 2.24) is 5.32 Å². The second-order valence-corrected chi connectivity index (χ2v) is 4.86. The maximum Gasteiger partial charge on any atom is 0.167 e. The first kappa shape index (κ1) is 14.5. The minimum absolute atomic E-state index is 0.0375. The largest absolute Gasteiger partial charge is 0.454 e. The predicted molar refractivity (Wildman–Crippen MR) is 79.7 cm³/mol. The molecule has 20 heavy (non-hydrogen) atoms. The van der Waals surface area contributed by atoms with Gasteiger partial charge >= 0.3 is 0 Å². The van der Waals surface area contributed by atoms with Gasteiger partial charge in [0.2, 0.25) is 0 Å². The molecule has 0 heterocycles. The van der Waals surface area contributed by atoms with Crippen LogP contribution >= 0.6 is 0 Å². The Bertz CT molecular complexity index is 583. The summed E-state index contributed by atoms with van der Waals surface area (Å²) in [6, 6.07) is 12.7. The van der Waals surface area contributed by atoms with Gasteiger partial charge in [0.05, 0.1) is 0 Å². The minimum Gasteiger partial charge on any atom is -0.454 e. The van der Waals surface area contributed by atoms with Gasteiger partial charge in [-0.3, -0.25) is 0 Å². The van der Waals surface area contributed by atoms with Crippen LogP contribution in [0, 0.1) is 12.7 Å². The quantitative estimate of drug-likeness (QED) is 0.859. The van der Waals surface area contributed by atoms with E-state index in [0.29, 0.717) is 11.5 Å². The topological polar surface area (TPSA) is 21.3 Å². The summed E-state index contributed by atoms with van der Waals surface area (Å²) < 4.78 is 19.9. The van der Waals surface area contributed by atoms with Crippen molar-refractivity contribution < 1.29 is 9.13 Å². The minimum atomic E-state index is -0.339. The van der Waals surface area contributed by atoms with E-state index in [1.54, 1.807) is 6.07 Å². The maximum absolute atomic E-state index is 14.1. The Kier molecular flexibility index (Phi) is 4.74. The monoisotopic (exact) mass is 273 g/mol. The van der Waals surface area contributed by atoms with E-state index in [9.17, 15) is 4.39 Å². The zero-order valence-corrected chi connectivity index (χ0v) is 12.1. The van der Waals surface area contributed by atoms with Crippen molar-refractivity contribution in [2.75, 3.05) is 6.54 Å². The number of hydrogen-bond acceptors (Lipinski definition) is 2. The highest BCUT2D eigenvalue weighted by molar-refractivity contribution is 5.41. The Hall–Kier alpha value is -1.87. The molecular formula is C17H20FNO. The summed E-state index contributed by atoms with van der Waals surface area (Å²) >= 11 is 0. The van der Waals surface area contributed by atoms with Gasteiger partial charge < -0.3 is 10.1 Å². The molecule has 3 heteroatoms. The van der Waals surface area contributed by atoms with Crippen LogP contribution in [0.3, 0.4) is 0 Å². The van der Waals surface area contributed by atoms with E-state index in [-0.39, 0.29) is 11.9 Å². The van der Waals surface area contributed by atoms with E-state index >= 15 is 0 Å². The van der Waals surface area contributed by atoms with Crippen molar-refractivity contribution >= 4 is 0 Å². The molecule has 0 spiro atoms. The van der Waals surface area contributed by atoms with E-state index in [0.717, 1.165) is 17.7 Å². The number of benzene rings is 2. The zero-order valence-electron chi connectivity index (χ0n) is 12.1. The molecule has 0 saturated carbocycles. The van der Waals surface area contributed by atoms with Crippen LogP contribution in [0.15, 0.2) is 42.5 Å². The van der Waals surface area contributed by atoms with E-state index in [1.807, 2.05) is 51.1 Å². The Labute approximate surface area is 119 Å². The predicted octanol–water partition coefficient (Wildman–Crippen LogP) is 4.60. The molecule has 0 fully saturated rings. The number of rotatable bonds is 5. The lowest BCUT2D eigenvalue weighted by Crippen LogP contribution is -2.18. The molecule has 1 atom stereocenters. The maximum atomic E-state index is 14.1. The number of aryl methyl sites for hydroxylation is 1. The average molecular weight is 273 g/mol. The second kappa shape index (κ2) is 6.53. The van der Waals surface area contributed by atoms with Gasteiger partial charge in [0.1, 0.15) is 5.75 Å². The number of ether oxygens (including phenoxy) is 1. The van der Waals surface area contributed by atoms with E-state index in [2.05, 4.69) is 5.32 Å². The number of hydrogen-bond donors (Lipinski definition) is 1. The van der Waals surface area contributed by atoms with E-state index in [4.69, 9.17) is 4.74 Å². The van der Waals surface area contributed by atoms with Gasteiger partial charge in [0.15, 0.2) is 11.6 Å². The third kappa shape index (κ3) is 3.36. The van der Waals surface area contributed by atoms with Crippen LogP contribution in [0.4, 0.5) is 4.39 Å². The summed E-state index contributed by atoms with van der Waals surface area (Å²) in [6.45, 7) is 6.83. The van der Waals surface area contributed by atoms with Crippen molar-refractivity contribution in [3.8, 4) is 11.5 Å². The Morgan fingerprint density at radius 3 is 2.65 bits per heavy atom. The molecular weight excluding hydrogens is 253 g/mol. The number of para-hydroxylation sites is 1. The SMILES string of the molecule is CCNC(C)c1cccc(F)c1Oc1cccc(C)c1. The van der Waals surface area contributed by atoms with Crippen LogP contribution in [0.1, 0.15) is 31.0 Å². The Morgan fingerprint density at radius 1 is 1.20 bits per heavy atom. The Morgan fingerprint density at radius 2 is 1.95 bits per heavy atom. The molecule has 0 aliphatic rings. The first-order valence-corrected chi connectivity index (χ1v) is 6.88. The summed E-state index contributed by atoms with van der Waals surface area (Å²) in [5, 5.41) is 3.28. The highest BCUT2D eigenvalue weighted by atomic mass is 19.1. The van der Waals surface area contributed by atoms with Gasteiger partial charge in [-0.05, 0) is 44.2 Å². The summed E-state index contributed by atoms with van der Waals surface area (Å²) in [5.41, 5.74) is 1.91. The molecule has 1 N–H and O–H groups in total. The first-order valence-electron chi connectivity index (χ1n) is 6.88. The fourth-order valence-electron chi connectivity index (χ4n) is 2.19. The lowest BCUT2D eigenvalue weighted by atomic mass is 10.1. The fraction of sp³-hybridized carbons (Fsp3) is 0.294. The van der Waals surface area contributed by atoms with E-state index in [1.165, 1.54) is 6.07 Å². The van der Waals surface area contributed by atoms with Gasteiger partial charge in [-0.2, -0.15) is 0 Å². The van der Waals surface area contributed by atoms with Crippen molar-refractivity contribution in [2.24, 2.45) is 0 Å². The van der Waals surface area contributed by atoms with E-state index < -0.39 is 0 Å². The van der Waals surface area contributed by atoms with Crippen LogP contribution in [0.25, 0.3) is 0 Å². The summed E-state index contributed by atoms with van der Waals surface area (Å²) in [4.78, 5) is 0. The van der Waals surface area contributed by atoms with Crippen LogP contribution in [0.5, 0.6) is 11.5 Å². The fourth-order valence-corrected chi connectivity index (χ4v) is 2.19. The molecule has 0 amide bonds. The van der Waals surface area contributed by atoms with Gasteiger partial charge in [-0.1, -0.05) is 31.2 Å². The van der Waals surface area contributed by atoms with Crippen molar-refractivity contribution in [2.45, 2.75) is 26.8 Å². The normalized spacial score (nSPS) is 12.2. The molecule has 2 nitrogen and oxygen atoms in total. The molecule has 0 aliphatic heterocycles. The van der Waals surface area contributed by atoms with Gasteiger partial charge in [-0.25, -0.2) is 4.39 Å². The summed E-state index contributed by atoms with van der Waals surface area (Å²) in [6.07, 6.45) is 0. The average Bonchev–Trinajstić information content (AvgIpc) is 2.41. The van der Waals surface area contributed by atoms with Crippen LogP contribution < -0.4 is 10.1 Å². The summed E-state index contributed by atoms with van der Waals surface area (Å²) in [7, 11) is 0. The number of halogens is 1. The lowest BCUT2D eigenvalue weighted by molar-refractivity contribution is 0.426. The molecule has 0 aliphatic carbocycles. The second-order valence-electron chi connectivity index (χ2n) is 4.86. The standard InChI is InChI=1S/C17H20FNO/c1-4-19-13(3)15-9-6-10-16(18)17(15)20-14-8-5-7-12(2)11-14/h5-11,13,19H,4H2,1-3H3. The molecule has 106 valence electrons. The van der Waals surface area contributed by atoms with Gasteiger partial charge in [0, 0.05) is 11.6 Å². The lowest BCUT2D eigenvalue weighted by Gasteiger charge is -2.18. The van der Waals surface area contributed by atoms with Crippen LogP contribution in [0.2, 0.25) is 0 Å². The zero-order chi connectivity index (χ0) is 14.5. The Balaban J connectivity index is 2.35. The van der Waals surface area contributed by atoms with Gasteiger partial charge in [0.25, 0.3) is 0 Å². The smallest absolute Gasteiger partial charge is 0.167 e. The summed E-state index contributed by atoms with van der Waals surface area (Å²) in [5.74, 6) is 0.611. The van der Waals surface area contributed by atoms with Crippen LogP contribution in [-0.2, 0) is 0 Å². The molecule has 1 unspecified atom stereocenters. The van der Waals surface area contributed by atoms with Crippen molar-refractivity contribution in [1.29, 1.82) is 0 Å². The van der Waals surface area contributed by atoms with Crippen LogP contribution in [-0.4, -0.2) is 6.54 Å². The van der Waals surface area contributed by atoms with Crippen molar-refractivity contribution in [3.05, 3.63) is 59.4 Å². The molecule has 2 aromatic carbocycles. The molecule has 0 saturated heterocycles. The van der Waals surface area contributed by atoms with Crippen molar-refractivity contribution in [3.63, 3.8) is 0 Å². The van der Waals surface area contributed by atoms with Gasteiger partial charge in [-0.15, -0.1) is 0 Å². The molecule has 2 rings (SSSR count). The molecule has 0 radical (unpaired) electrons. The third-order valence-electron chi connectivity index (χ3n) is 3.18. The molecule has 0 bridgehead atoms. The highest BCUT2D eigenvalue weighted by Gasteiger charge is 2.15. The first-order chi connectivity index (χ1) is 9.61.